The van der Waals surface area contributed by atoms with Gasteiger partial charge in [0.15, 0.2) is 0 Å². The molecule has 0 radical (unpaired) electrons. The molecule has 0 unspecified atom stereocenters. The number of furan rings is 1. The first-order valence-corrected chi connectivity index (χ1v) is 7.27. The van der Waals surface area contributed by atoms with Gasteiger partial charge in [-0.05, 0) is 31.4 Å². The Labute approximate surface area is 120 Å². The van der Waals surface area contributed by atoms with E-state index in [4.69, 9.17) is 14.9 Å². The molecular weight excluding hydrogens is 256 g/mol. The topological polar surface area (TPSA) is 77.5 Å². The second kappa shape index (κ2) is 8.76. The molecule has 0 fully saturated rings. The lowest BCUT2D eigenvalue weighted by Gasteiger charge is -2.28. The maximum Gasteiger partial charge on any atom is 0.227 e. The van der Waals surface area contributed by atoms with Gasteiger partial charge in [0, 0.05) is 19.7 Å². The Morgan fingerprint density at radius 3 is 2.75 bits per heavy atom. The van der Waals surface area contributed by atoms with Crippen molar-refractivity contribution in [1.29, 1.82) is 0 Å². The third-order valence-electron chi connectivity index (χ3n) is 3.80. The number of nitrogens with one attached hydrogen (secondary N) is 1. The van der Waals surface area contributed by atoms with Gasteiger partial charge in [-0.2, -0.15) is 0 Å². The van der Waals surface area contributed by atoms with Crippen LogP contribution in [-0.2, 0) is 16.1 Å². The van der Waals surface area contributed by atoms with Crippen molar-refractivity contribution >= 4 is 5.91 Å². The quantitative estimate of drug-likeness (QED) is 0.644. The summed E-state index contributed by atoms with van der Waals surface area (Å²) in [4.78, 5) is 12.1. The van der Waals surface area contributed by atoms with Gasteiger partial charge >= 0.3 is 0 Å². The lowest BCUT2D eigenvalue weighted by Crippen LogP contribution is -2.45. The Balaban J connectivity index is 2.15. The third kappa shape index (κ3) is 4.65. The minimum Gasteiger partial charge on any atom is -0.467 e. The maximum atomic E-state index is 12.1. The first-order valence-electron chi connectivity index (χ1n) is 7.27. The molecule has 1 aromatic rings. The minimum absolute atomic E-state index is 0.0519. The van der Waals surface area contributed by atoms with Crippen LogP contribution in [0.3, 0.4) is 0 Å². The Kier molecular flexibility index (Phi) is 7.33. The average molecular weight is 282 g/mol. The van der Waals surface area contributed by atoms with Crippen molar-refractivity contribution in [3.8, 4) is 0 Å². The highest BCUT2D eigenvalue weighted by Gasteiger charge is 2.32. The molecule has 0 aliphatic rings. The molecule has 1 heterocycles. The summed E-state index contributed by atoms with van der Waals surface area (Å²) in [6.45, 7) is 6.07. The molecule has 1 aromatic heterocycles. The molecule has 0 spiro atoms. The van der Waals surface area contributed by atoms with Crippen LogP contribution in [0.15, 0.2) is 22.8 Å². The monoisotopic (exact) mass is 282 g/mol. The number of carbonyl (C=O) groups excluding carboxylic acids is 1. The van der Waals surface area contributed by atoms with Crippen LogP contribution >= 0.6 is 0 Å². The molecule has 3 N–H and O–H groups in total. The van der Waals surface area contributed by atoms with Gasteiger partial charge in [0.25, 0.3) is 0 Å². The number of nitrogens with two attached hydrogens (primary N) is 1. The first-order chi connectivity index (χ1) is 9.68. The van der Waals surface area contributed by atoms with Crippen LogP contribution in [0.1, 0.15) is 38.9 Å². The highest BCUT2D eigenvalue weighted by atomic mass is 16.5. The predicted molar refractivity (Wildman–Crippen MR) is 78.1 cm³/mol. The van der Waals surface area contributed by atoms with E-state index in [9.17, 15) is 4.79 Å². The molecule has 0 aliphatic heterocycles. The summed E-state index contributed by atoms with van der Waals surface area (Å²) in [6.07, 6.45) is 3.93. The lowest BCUT2D eigenvalue weighted by atomic mass is 9.81. The largest absolute Gasteiger partial charge is 0.467 e. The van der Waals surface area contributed by atoms with E-state index in [-0.39, 0.29) is 5.91 Å². The smallest absolute Gasteiger partial charge is 0.227 e. The molecule has 1 amide bonds. The highest BCUT2D eigenvalue weighted by molar-refractivity contribution is 5.82. The van der Waals surface area contributed by atoms with E-state index >= 15 is 0 Å². The Morgan fingerprint density at radius 1 is 1.45 bits per heavy atom. The molecule has 0 saturated heterocycles. The van der Waals surface area contributed by atoms with E-state index in [2.05, 4.69) is 5.32 Å². The second-order valence-electron chi connectivity index (χ2n) is 4.93. The van der Waals surface area contributed by atoms with Crippen LogP contribution in [0, 0.1) is 5.41 Å². The van der Waals surface area contributed by atoms with Crippen molar-refractivity contribution in [1.82, 2.24) is 5.32 Å². The Bertz CT molecular complexity index is 364. The van der Waals surface area contributed by atoms with Gasteiger partial charge in [-0.1, -0.05) is 13.8 Å². The first kappa shape index (κ1) is 16.7. The molecule has 0 saturated carbocycles. The fourth-order valence-electron chi connectivity index (χ4n) is 2.08. The van der Waals surface area contributed by atoms with Gasteiger partial charge in [-0.25, -0.2) is 0 Å². The molecule has 0 aromatic carbocycles. The fourth-order valence-corrected chi connectivity index (χ4v) is 2.08. The van der Waals surface area contributed by atoms with Gasteiger partial charge in [0.2, 0.25) is 5.91 Å². The van der Waals surface area contributed by atoms with Crippen LogP contribution < -0.4 is 11.1 Å². The molecule has 0 aliphatic carbocycles. The van der Waals surface area contributed by atoms with Crippen molar-refractivity contribution in [3.05, 3.63) is 24.2 Å². The van der Waals surface area contributed by atoms with Gasteiger partial charge < -0.3 is 20.2 Å². The Hall–Kier alpha value is -1.33. The van der Waals surface area contributed by atoms with Crippen LogP contribution in [-0.4, -0.2) is 25.6 Å². The van der Waals surface area contributed by atoms with Crippen molar-refractivity contribution in [2.24, 2.45) is 11.1 Å². The molecule has 0 bridgehead atoms. The van der Waals surface area contributed by atoms with Crippen molar-refractivity contribution in [2.45, 2.75) is 39.7 Å². The number of carbonyl (C=O) groups is 1. The standard InChI is InChI=1S/C15H26N2O3/c1-3-15(4-2,12-16)14(18)17-8-6-9-19-11-13-7-5-10-20-13/h5,7,10H,3-4,6,8-9,11-12,16H2,1-2H3,(H,17,18). The van der Waals surface area contributed by atoms with Crippen LogP contribution in [0.2, 0.25) is 0 Å². The number of hydrogen-bond acceptors (Lipinski definition) is 4. The van der Waals surface area contributed by atoms with E-state index in [0.717, 1.165) is 25.0 Å². The molecule has 114 valence electrons. The molecule has 5 nitrogen and oxygen atoms in total. The van der Waals surface area contributed by atoms with Crippen molar-refractivity contribution < 1.29 is 13.9 Å². The van der Waals surface area contributed by atoms with E-state index < -0.39 is 5.41 Å². The number of amides is 1. The molecule has 1 rings (SSSR count). The van der Waals surface area contributed by atoms with E-state index in [0.29, 0.717) is 26.3 Å². The zero-order valence-corrected chi connectivity index (χ0v) is 12.5. The third-order valence-corrected chi connectivity index (χ3v) is 3.80. The number of ether oxygens (including phenoxy) is 1. The zero-order chi connectivity index (χ0) is 14.8. The van der Waals surface area contributed by atoms with Gasteiger partial charge in [0.05, 0.1) is 11.7 Å². The van der Waals surface area contributed by atoms with E-state index in [1.807, 2.05) is 26.0 Å². The normalized spacial score (nSPS) is 11.6. The van der Waals surface area contributed by atoms with Crippen LogP contribution in [0.25, 0.3) is 0 Å². The minimum atomic E-state index is -0.422. The van der Waals surface area contributed by atoms with Gasteiger partial charge in [0.1, 0.15) is 12.4 Å². The zero-order valence-electron chi connectivity index (χ0n) is 12.5. The fraction of sp³-hybridized carbons (Fsp3) is 0.667. The van der Waals surface area contributed by atoms with Crippen LogP contribution in [0.4, 0.5) is 0 Å². The summed E-state index contributed by atoms with van der Waals surface area (Å²) in [5.74, 6) is 0.865. The second-order valence-corrected chi connectivity index (χ2v) is 4.93. The number of hydrogen-bond donors (Lipinski definition) is 2. The average Bonchev–Trinajstić information content (AvgIpc) is 2.98. The SMILES string of the molecule is CCC(CC)(CN)C(=O)NCCCOCc1ccco1. The van der Waals surface area contributed by atoms with E-state index in [1.54, 1.807) is 6.26 Å². The summed E-state index contributed by atoms with van der Waals surface area (Å²) in [5.41, 5.74) is 5.32. The van der Waals surface area contributed by atoms with Crippen molar-refractivity contribution in [2.75, 3.05) is 19.7 Å². The summed E-state index contributed by atoms with van der Waals surface area (Å²) in [5, 5.41) is 2.95. The summed E-state index contributed by atoms with van der Waals surface area (Å²) in [7, 11) is 0. The highest BCUT2D eigenvalue weighted by Crippen LogP contribution is 2.24. The predicted octanol–water partition coefficient (Wildman–Crippen LogP) is 2.07. The summed E-state index contributed by atoms with van der Waals surface area (Å²) >= 11 is 0. The van der Waals surface area contributed by atoms with Crippen molar-refractivity contribution in [3.63, 3.8) is 0 Å². The molecular formula is C15H26N2O3. The summed E-state index contributed by atoms with van der Waals surface area (Å²) < 4.78 is 10.6. The number of rotatable bonds is 10. The molecule has 20 heavy (non-hydrogen) atoms. The maximum absolute atomic E-state index is 12.1. The molecule has 0 atom stereocenters. The van der Waals surface area contributed by atoms with Crippen LogP contribution in [0.5, 0.6) is 0 Å². The lowest BCUT2D eigenvalue weighted by molar-refractivity contribution is -0.131. The van der Waals surface area contributed by atoms with Gasteiger partial charge in [-0.3, -0.25) is 4.79 Å². The van der Waals surface area contributed by atoms with E-state index in [1.165, 1.54) is 0 Å². The Morgan fingerprint density at radius 2 is 2.20 bits per heavy atom. The molecule has 5 heteroatoms. The summed E-state index contributed by atoms with van der Waals surface area (Å²) in [6, 6.07) is 3.71. The van der Waals surface area contributed by atoms with Gasteiger partial charge in [-0.15, -0.1) is 0 Å².